The molecule has 0 aliphatic rings. The first-order valence-corrected chi connectivity index (χ1v) is 8.04. The van der Waals surface area contributed by atoms with E-state index in [1.54, 1.807) is 0 Å². The maximum atomic E-state index is 5.97. The van der Waals surface area contributed by atoms with Gasteiger partial charge in [-0.15, -0.1) is 0 Å². The highest BCUT2D eigenvalue weighted by Gasteiger charge is 2.17. The van der Waals surface area contributed by atoms with Crippen LogP contribution >= 0.6 is 0 Å². The van der Waals surface area contributed by atoms with Gasteiger partial charge in [0.15, 0.2) is 0 Å². The topological polar surface area (TPSA) is 11.3 Å². The molecule has 0 N–H and O–H groups in total. The van der Waals surface area contributed by atoms with Crippen molar-refractivity contribution in [3.05, 3.63) is 76.5 Å². The number of hydrogen-bond donors (Lipinski definition) is 0. The first kappa shape index (κ1) is 15.5. The van der Waals surface area contributed by atoms with Crippen molar-refractivity contribution in [1.29, 1.82) is 0 Å². The van der Waals surface area contributed by atoms with E-state index in [2.05, 4.69) is 76.2 Å². The zero-order valence-electron chi connectivity index (χ0n) is 14.5. The molecule has 0 bridgehead atoms. The van der Waals surface area contributed by atoms with Gasteiger partial charge >= 0.3 is 11.5 Å². The van der Waals surface area contributed by atoms with Crippen LogP contribution in [-0.4, -0.2) is 0 Å². The molecule has 0 atom stereocenters. The van der Waals surface area contributed by atoms with Gasteiger partial charge in [-0.3, -0.25) is 0 Å². The Balaban J connectivity index is 2.11. The van der Waals surface area contributed by atoms with E-state index >= 15 is 0 Å². The Morgan fingerprint density at radius 1 is 0.522 bits per heavy atom. The second-order valence-corrected chi connectivity index (χ2v) is 6.42. The average molecular weight is 303 g/mol. The Kier molecular flexibility index (Phi) is 4.04. The van der Waals surface area contributed by atoms with Crippen LogP contribution in [0.4, 0.5) is 0 Å². The van der Waals surface area contributed by atoms with Crippen LogP contribution in [0.1, 0.15) is 28.0 Å². The molecule has 1 heterocycles. The first-order valence-electron chi connectivity index (χ1n) is 8.04. The fourth-order valence-electron chi connectivity index (χ4n) is 2.76. The minimum absolute atomic E-state index is 0.918. The summed E-state index contributed by atoms with van der Waals surface area (Å²) in [5, 5.41) is 0. The van der Waals surface area contributed by atoms with Crippen molar-refractivity contribution >= 4 is 0 Å². The van der Waals surface area contributed by atoms with Gasteiger partial charge in [0.25, 0.3) is 0 Å². The molecule has 1 aromatic heterocycles. The second-order valence-electron chi connectivity index (χ2n) is 6.42. The summed E-state index contributed by atoms with van der Waals surface area (Å²) in [5.41, 5.74) is 8.78. The Hall–Kier alpha value is -2.41. The lowest BCUT2D eigenvalue weighted by Gasteiger charge is -2.05. The molecule has 1 nitrogen and oxygen atoms in total. The quantitative estimate of drug-likeness (QED) is 0.496. The SMILES string of the molecule is Cc1cc(-c2ccc(C)c(C)c2)cc(-c2ccc(C)c(C)c2)[o+]1. The van der Waals surface area contributed by atoms with Crippen molar-refractivity contribution < 1.29 is 4.42 Å². The van der Waals surface area contributed by atoms with E-state index < -0.39 is 0 Å². The molecule has 0 fully saturated rings. The van der Waals surface area contributed by atoms with Crippen LogP contribution in [-0.2, 0) is 0 Å². The highest BCUT2D eigenvalue weighted by atomic mass is 16.3. The first-order chi connectivity index (χ1) is 10.9. The van der Waals surface area contributed by atoms with Crippen LogP contribution in [0, 0.1) is 34.6 Å². The summed E-state index contributed by atoms with van der Waals surface area (Å²) in [4.78, 5) is 0. The van der Waals surface area contributed by atoms with Gasteiger partial charge in [0.05, 0.1) is 18.6 Å². The third kappa shape index (κ3) is 3.19. The monoisotopic (exact) mass is 303 g/mol. The summed E-state index contributed by atoms with van der Waals surface area (Å²) in [6.07, 6.45) is 0. The lowest BCUT2D eigenvalue weighted by atomic mass is 9.98. The largest absolute Gasteiger partial charge is 0.360 e. The third-order valence-electron chi connectivity index (χ3n) is 4.55. The van der Waals surface area contributed by atoms with Crippen LogP contribution in [0.5, 0.6) is 0 Å². The molecule has 0 aliphatic heterocycles. The van der Waals surface area contributed by atoms with Crippen LogP contribution in [0.25, 0.3) is 22.5 Å². The van der Waals surface area contributed by atoms with E-state index in [4.69, 9.17) is 4.42 Å². The smallest absolute Gasteiger partial charge is 0.213 e. The highest BCUT2D eigenvalue weighted by molar-refractivity contribution is 5.71. The molecule has 0 unspecified atom stereocenters. The molecular weight excluding hydrogens is 280 g/mol. The molecule has 0 saturated heterocycles. The molecule has 2 aromatic carbocycles. The number of aryl methyl sites for hydroxylation is 5. The van der Waals surface area contributed by atoms with E-state index in [0.717, 1.165) is 17.1 Å². The number of rotatable bonds is 2. The standard InChI is InChI=1S/C22H23O/c1-14-6-8-19(10-16(14)3)21-12-18(5)23-22(13-21)20-9-7-15(2)17(4)11-20/h6-13H,1-5H3/q+1. The van der Waals surface area contributed by atoms with E-state index in [-0.39, 0.29) is 0 Å². The predicted molar refractivity (Wildman–Crippen MR) is 97.7 cm³/mol. The van der Waals surface area contributed by atoms with Crippen LogP contribution in [0.2, 0.25) is 0 Å². The Labute approximate surface area is 138 Å². The molecule has 0 aliphatic carbocycles. The van der Waals surface area contributed by atoms with Crippen molar-refractivity contribution in [3.8, 4) is 22.5 Å². The van der Waals surface area contributed by atoms with Gasteiger partial charge in [0.2, 0.25) is 0 Å². The molecule has 0 spiro atoms. The summed E-state index contributed by atoms with van der Waals surface area (Å²) in [6, 6.07) is 17.3. The molecule has 0 amide bonds. The molecular formula is C22H23O+. The number of benzene rings is 2. The van der Waals surface area contributed by atoms with Gasteiger partial charge in [-0.25, -0.2) is 4.42 Å². The number of hydrogen-bond acceptors (Lipinski definition) is 0. The molecule has 1 heteroatoms. The minimum Gasteiger partial charge on any atom is -0.213 e. The van der Waals surface area contributed by atoms with Crippen molar-refractivity contribution in [2.45, 2.75) is 34.6 Å². The molecule has 23 heavy (non-hydrogen) atoms. The lowest BCUT2D eigenvalue weighted by Crippen LogP contribution is -1.88. The Bertz CT molecular complexity index is 805. The van der Waals surface area contributed by atoms with Gasteiger partial charge in [-0.2, -0.15) is 0 Å². The predicted octanol–water partition coefficient (Wildman–Crippen LogP) is 6.44. The summed E-state index contributed by atoms with van der Waals surface area (Å²) in [5.74, 6) is 1.84. The van der Waals surface area contributed by atoms with Gasteiger partial charge in [-0.05, 0) is 67.6 Å². The molecule has 3 rings (SSSR count). The lowest BCUT2D eigenvalue weighted by molar-refractivity contribution is 0.532. The van der Waals surface area contributed by atoms with Crippen molar-refractivity contribution in [3.63, 3.8) is 0 Å². The average Bonchev–Trinajstić information content (AvgIpc) is 2.52. The second kappa shape index (κ2) is 6.00. The molecule has 116 valence electrons. The van der Waals surface area contributed by atoms with Crippen LogP contribution in [0.3, 0.4) is 0 Å². The normalized spacial score (nSPS) is 10.8. The van der Waals surface area contributed by atoms with Gasteiger partial charge in [-0.1, -0.05) is 24.3 Å². The Morgan fingerprint density at radius 3 is 1.70 bits per heavy atom. The molecule has 0 saturated carbocycles. The van der Waals surface area contributed by atoms with Crippen molar-refractivity contribution in [1.82, 2.24) is 0 Å². The van der Waals surface area contributed by atoms with Crippen molar-refractivity contribution in [2.75, 3.05) is 0 Å². The van der Waals surface area contributed by atoms with Gasteiger partial charge < -0.3 is 0 Å². The zero-order chi connectivity index (χ0) is 16.6. The summed E-state index contributed by atoms with van der Waals surface area (Å²) in [7, 11) is 0. The van der Waals surface area contributed by atoms with E-state index in [1.165, 1.54) is 33.4 Å². The maximum Gasteiger partial charge on any atom is 0.360 e. The molecule has 3 aromatic rings. The fraction of sp³-hybridized carbons (Fsp3) is 0.227. The highest BCUT2D eigenvalue weighted by Crippen LogP contribution is 2.30. The Morgan fingerprint density at radius 2 is 1.09 bits per heavy atom. The summed E-state index contributed by atoms with van der Waals surface area (Å²) >= 11 is 0. The zero-order valence-corrected chi connectivity index (χ0v) is 14.5. The third-order valence-corrected chi connectivity index (χ3v) is 4.55. The van der Waals surface area contributed by atoms with Gasteiger partial charge in [0.1, 0.15) is 0 Å². The van der Waals surface area contributed by atoms with E-state index in [0.29, 0.717) is 0 Å². The summed E-state index contributed by atoms with van der Waals surface area (Å²) < 4.78 is 5.97. The van der Waals surface area contributed by atoms with Crippen LogP contribution in [0.15, 0.2) is 52.9 Å². The molecule has 0 radical (unpaired) electrons. The summed E-state index contributed by atoms with van der Waals surface area (Å²) in [6.45, 7) is 10.6. The van der Waals surface area contributed by atoms with E-state index in [1.807, 2.05) is 6.92 Å². The van der Waals surface area contributed by atoms with E-state index in [9.17, 15) is 0 Å². The minimum atomic E-state index is 0.918. The maximum absolute atomic E-state index is 5.97. The van der Waals surface area contributed by atoms with Crippen molar-refractivity contribution in [2.24, 2.45) is 0 Å². The van der Waals surface area contributed by atoms with Gasteiger partial charge in [0, 0.05) is 11.6 Å². The van der Waals surface area contributed by atoms with Crippen LogP contribution < -0.4 is 0 Å². The fourth-order valence-corrected chi connectivity index (χ4v) is 2.76.